The van der Waals surface area contributed by atoms with E-state index in [1.807, 2.05) is 37.3 Å². The van der Waals surface area contributed by atoms with E-state index >= 15 is 0 Å². The maximum Gasteiger partial charge on any atom is 0.250 e. The highest BCUT2D eigenvalue weighted by atomic mass is 35.5. The average Bonchev–Trinajstić information content (AvgIpc) is 3.51. The van der Waals surface area contributed by atoms with Gasteiger partial charge < -0.3 is 14.8 Å². The Bertz CT molecular complexity index is 1530. The van der Waals surface area contributed by atoms with Crippen molar-refractivity contribution >= 4 is 40.7 Å². The number of anilines is 2. The second kappa shape index (κ2) is 8.31. The van der Waals surface area contributed by atoms with Gasteiger partial charge in [-0.1, -0.05) is 48.0 Å². The third-order valence-electron chi connectivity index (χ3n) is 8.17. The highest BCUT2D eigenvalue weighted by Crippen LogP contribution is 2.55. The van der Waals surface area contributed by atoms with Crippen molar-refractivity contribution in [1.82, 2.24) is 5.32 Å². The molecule has 0 saturated carbocycles. The van der Waals surface area contributed by atoms with Gasteiger partial charge in [0.1, 0.15) is 18.8 Å². The minimum absolute atomic E-state index is 0.339. The molecule has 3 aromatic carbocycles. The fraction of sp³-hybridized carbons (Fsp3) is 0.276. The number of benzene rings is 3. The highest BCUT2D eigenvalue weighted by Gasteiger charge is 2.70. The normalized spacial score (nSPS) is 27.1. The lowest BCUT2D eigenvalue weighted by atomic mass is 9.76. The zero-order chi connectivity index (χ0) is 26.2. The minimum atomic E-state index is -1.40. The van der Waals surface area contributed by atoms with Gasteiger partial charge in [0.2, 0.25) is 17.7 Å². The van der Waals surface area contributed by atoms with Crippen molar-refractivity contribution in [1.29, 1.82) is 0 Å². The van der Waals surface area contributed by atoms with E-state index in [1.165, 1.54) is 4.90 Å². The number of carbonyl (C=O) groups is 3. The lowest BCUT2D eigenvalue weighted by molar-refractivity contribution is -0.130. The molecule has 1 spiro atoms. The van der Waals surface area contributed by atoms with E-state index in [1.54, 1.807) is 30.3 Å². The van der Waals surface area contributed by atoms with Crippen molar-refractivity contribution in [3.63, 3.8) is 0 Å². The number of carbonyl (C=O) groups excluding carboxylic acids is 3. The van der Waals surface area contributed by atoms with Crippen LogP contribution in [0.15, 0.2) is 60.7 Å². The van der Waals surface area contributed by atoms with Crippen LogP contribution in [0.5, 0.6) is 11.5 Å². The van der Waals surface area contributed by atoms with Gasteiger partial charge in [-0.15, -0.1) is 0 Å². The summed E-state index contributed by atoms with van der Waals surface area (Å²) in [5, 5.41) is 6.96. The molecule has 4 aliphatic heterocycles. The number of hydrogen-bond acceptors (Lipinski definition) is 6. The van der Waals surface area contributed by atoms with Gasteiger partial charge in [-0.05, 0) is 42.7 Å². The summed E-state index contributed by atoms with van der Waals surface area (Å²) in [6.45, 7) is 2.65. The topological polar surface area (TPSA) is 97.0 Å². The standard InChI is InChI=1S/C29H24ClN3O5/c1-15-19(30)9-8-18-25(15)31-28(36)29(18)24-23(20(32-29)13-16-5-3-2-4-6-16)26(34)33(27(24)35)17-7-10-21-22(14-17)38-12-11-37-21/h2-10,14,20,23-24,32H,11-13H2,1H3,(H,31,36). The Morgan fingerprint density at radius 3 is 2.53 bits per heavy atom. The lowest BCUT2D eigenvalue weighted by Crippen LogP contribution is -2.53. The van der Waals surface area contributed by atoms with Gasteiger partial charge >= 0.3 is 0 Å². The van der Waals surface area contributed by atoms with Crippen LogP contribution < -0.4 is 25.0 Å². The molecule has 0 aliphatic carbocycles. The Balaban J connectivity index is 1.37. The summed E-state index contributed by atoms with van der Waals surface area (Å²) in [6.07, 6.45) is 0.479. The summed E-state index contributed by atoms with van der Waals surface area (Å²) < 4.78 is 11.3. The third kappa shape index (κ3) is 3.10. The van der Waals surface area contributed by atoms with Crippen molar-refractivity contribution < 1.29 is 23.9 Å². The predicted octanol–water partition coefficient (Wildman–Crippen LogP) is 3.59. The Kier molecular flexibility index (Phi) is 5.09. The molecule has 2 fully saturated rings. The highest BCUT2D eigenvalue weighted by molar-refractivity contribution is 6.32. The monoisotopic (exact) mass is 529 g/mol. The first kappa shape index (κ1) is 23.3. The predicted molar refractivity (Wildman–Crippen MR) is 140 cm³/mol. The summed E-state index contributed by atoms with van der Waals surface area (Å²) >= 11 is 6.37. The molecule has 38 heavy (non-hydrogen) atoms. The zero-order valence-corrected chi connectivity index (χ0v) is 21.2. The first-order valence-electron chi connectivity index (χ1n) is 12.6. The molecule has 3 aromatic rings. The number of rotatable bonds is 3. The summed E-state index contributed by atoms with van der Waals surface area (Å²) in [6, 6.07) is 17.9. The molecular formula is C29H24ClN3O5. The molecule has 0 aromatic heterocycles. The molecule has 4 unspecified atom stereocenters. The average molecular weight is 530 g/mol. The lowest BCUT2D eigenvalue weighted by Gasteiger charge is -2.30. The van der Waals surface area contributed by atoms with Crippen LogP contribution in [0, 0.1) is 18.8 Å². The summed E-state index contributed by atoms with van der Waals surface area (Å²) in [5.41, 5.74) is 1.96. The summed E-state index contributed by atoms with van der Waals surface area (Å²) in [5.74, 6) is -1.75. The largest absolute Gasteiger partial charge is 0.486 e. The second-order valence-corrected chi connectivity index (χ2v) is 10.5. The Morgan fingerprint density at radius 2 is 1.74 bits per heavy atom. The summed E-state index contributed by atoms with van der Waals surface area (Å²) in [7, 11) is 0. The van der Waals surface area contributed by atoms with Crippen molar-refractivity contribution in [3.05, 3.63) is 82.4 Å². The number of fused-ring (bicyclic) bond motifs is 5. The molecule has 4 aliphatic rings. The van der Waals surface area contributed by atoms with Crippen molar-refractivity contribution in [2.24, 2.45) is 11.8 Å². The van der Waals surface area contributed by atoms with Gasteiger partial charge in [-0.2, -0.15) is 0 Å². The molecule has 0 radical (unpaired) electrons. The second-order valence-electron chi connectivity index (χ2n) is 10.1. The van der Waals surface area contributed by atoms with E-state index in [9.17, 15) is 14.4 Å². The molecule has 7 rings (SSSR count). The van der Waals surface area contributed by atoms with Crippen LogP contribution in [-0.2, 0) is 26.3 Å². The molecule has 4 heterocycles. The van der Waals surface area contributed by atoms with Gasteiger partial charge in [-0.25, -0.2) is 4.90 Å². The molecule has 2 saturated heterocycles. The van der Waals surface area contributed by atoms with E-state index in [0.29, 0.717) is 53.1 Å². The fourth-order valence-electron chi connectivity index (χ4n) is 6.46. The van der Waals surface area contributed by atoms with E-state index in [-0.39, 0.29) is 11.8 Å². The number of nitrogens with zero attached hydrogens (tertiary/aromatic N) is 1. The smallest absolute Gasteiger partial charge is 0.250 e. The molecule has 9 heteroatoms. The quantitative estimate of drug-likeness (QED) is 0.503. The van der Waals surface area contributed by atoms with E-state index in [4.69, 9.17) is 21.1 Å². The number of amides is 3. The van der Waals surface area contributed by atoms with Crippen LogP contribution in [0.3, 0.4) is 0 Å². The van der Waals surface area contributed by atoms with Crippen LogP contribution >= 0.6 is 11.6 Å². The third-order valence-corrected chi connectivity index (χ3v) is 8.58. The first-order valence-corrected chi connectivity index (χ1v) is 13.0. The van der Waals surface area contributed by atoms with Gasteiger partial charge in [-0.3, -0.25) is 19.7 Å². The number of hydrogen-bond donors (Lipinski definition) is 2. The Labute approximate surface area is 223 Å². The first-order chi connectivity index (χ1) is 18.4. The molecular weight excluding hydrogens is 506 g/mol. The maximum absolute atomic E-state index is 14.2. The van der Waals surface area contributed by atoms with E-state index in [2.05, 4.69) is 10.6 Å². The van der Waals surface area contributed by atoms with Crippen LogP contribution in [0.2, 0.25) is 5.02 Å². The van der Waals surface area contributed by atoms with Crippen molar-refractivity contribution in [2.45, 2.75) is 24.9 Å². The van der Waals surface area contributed by atoms with Crippen molar-refractivity contribution in [2.75, 3.05) is 23.4 Å². The Morgan fingerprint density at radius 1 is 0.974 bits per heavy atom. The van der Waals surface area contributed by atoms with Gasteiger partial charge in [0.05, 0.1) is 23.2 Å². The SMILES string of the molecule is Cc1c(Cl)ccc2c1NC(=O)C21NC(Cc2ccccc2)C2C(=O)N(c3ccc4c(c3)OCCO4)C(=O)C21. The molecule has 3 amide bonds. The fourth-order valence-corrected chi connectivity index (χ4v) is 6.62. The molecule has 8 nitrogen and oxygen atoms in total. The van der Waals surface area contributed by atoms with E-state index in [0.717, 1.165) is 11.1 Å². The Hall–Kier alpha value is -3.88. The van der Waals surface area contributed by atoms with Crippen LogP contribution in [0.4, 0.5) is 11.4 Å². The maximum atomic E-state index is 14.2. The van der Waals surface area contributed by atoms with Crippen LogP contribution in [-0.4, -0.2) is 37.0 Å². The number of halogens is 1. The summed E-state index contributed by atoms with van der Waals surface area (Å²) in [4.78, 5) is 43.3. The zero-order valence-electron chi connectivity index (χ0n) is 20.5. The van der Waals surface area contributed by atoms with Crippen LogP contribution in [0.25, 0.3) is 0 Å². The molecule has 0 bridgehead atoms. The van der Waals surface area contributed by atoms with Crippen LogP contribution in [0.1, 0.15) is 16.7 Å². The van der Waals surface area contributed by atoms with E-state index < -0.39 is 29.3 Å². The molecule has 192 valence electrons. The number of imide groups is 1. The number of nitrogens with one attached hydrogen (secondary N) is 2. The van der Waals surface area contributed by atoms with Gasteiger partial charge in [0.15, 0.2) is 11.5 Å². The molecule has 4 atom stereocenters. The minimum Gasteiger partial charge on any atom is -0.486 e. The van der Waals surface area contributed by atoms with Gasteiger partial charge in [0.25, 0.3) is 0 Å². The molecule has 2 N–H and O–H groups in total. The van der Waals surface area contributed by atoms with Crippen molar-refractivity contribution in [3.8, 4) is 11.5 Å². The van der Waals surface area contributed by atoms with Gasteiger partial charge in [0, 0.05) is 22.7 Å². The number of ether oxygens (including phenoxy) is 2.